The van der Waals surface area contributed by atoms with Gasteiger partial charge in [-0.25, -0.2) is 0 Å². The number of ketones is 1. The van der Waals surface area contributed by atoms with E-state index in [4.69, 9.17) is 11.6 Å². The maximum absolute atomic E-state index is 11.8. The SMILES string of the molecule is O=C(C(Br)Cc1ccc(Cl)cc1Br)C1CC1. The second-order valence-electron chi connectivity index (χ2n) is 4.08. The standard InChI is InChI=1S/C12H11Br2ClO/c13-10-6-9(15)4-3-8(10)5-11(14)12(16)7-1-2-7/h3-4,6-7,11H,1-2,5H2. The summed E-state index contributed by atoms with van der Waals surface area (Å²) < 4.78 is 0.966. The van der Waals surface area contributed by atoms with Crippen molar-refractivity contribution in [2.24, 2.45) is 5.92 Å². The molecule has 1 aromatic carbocycles. The molecule has 1 saturated carbocycles. The van der Waals surface area contributed by atoms with Gasteiger partial charge in [0.05, 0.1) is 4.83 Å². The number of Topliss-reactive ketones (excluding diaryl/α,β-unsaturated/α-hetero) is 1. The topological polar surface area (TPSA) is 17.1 Å². The van der Waals surface area contributed by atoms with Crippen LogP contribution in [0, 0.1) is 5.92 Å². The third kappa shape index (κ3) is 3.08. The average molecular weight is 366 g/mol. The van der Waals surface area contributed by atoms with Gasteiger partial charge in [0.2, 0.25) is 0 Å². The minimum Gasteiger partial charge on any atom is -0.298 e. The van der Waals surface area contributed by atoms with Gasteiger partial charge >= 0.3 is 0 Å². The Kier molecular flexibility index (Phi) is 4.09. The van der Waals surface area contributed by atoms with Gasteiger partial charge in [0, 0.05) is 15.4 Å². The third-order valence-corrected chi connectivity index (χ3v) is 4.45. The molecule has 0 aromatic heterocycles. The van der Waals surface area contributed by atoms with Crippen molar-refractivity contribution < 1.29 is 4.79 Å². The average Bonchev–Trinajstić information content (AvgIpc) is 3.04. The molecule has 4 heteroatoms. The molecule has 1 aliphatic carbocycles. The molecule has 0 heterocycles. The lowest BCUT2D eigenvalue weighted by atomic mass is 10.1. The second kappa shape index (κ2) is 5.19. The molecule has 0 N–H and O–H groups in total. The van der Waals surface area contributed by atoms with Crippen LogP contribution in [0.2, 0.25) is 5.02 Å². The number of benzene rings is 1. The highest BCUT2D eigenvalue weighted by atomic mass is 79.9. The minimum absolute atomic E-state index is 0.0718. The van der Waals surface area contributed by atoms with Crippen molar-refractivity contribution in [3.8, 4) is 0 Å². The van der Waals surface area contributed by atoms with Crippen molar-refractivity contribution >= 4 is 49.2 Å². The Labute approximate surface area is 117 Å². The molecular weight excluding hydrogens is 355 g/mol. The van der Waals surface area contributed by atoms with Crippen LogP contribution in [0.15, 0.2) is 22.7 Å². The zero-order chi connectivity index (χ0) is 11.7. The molecule has 0 amide bonds. The predicted octanol–water partition coefficient (Wildman–Crippen LogP) is 4.39. The van der Waals surface area contributed by atoms with E-state index in [1.807, 2.05) is 18.2 Å². The maximum atomic E-state index is 11.8. The highest BCUT2D eigenvalue weighted by Crippen LogP contribution is 2.34. The number of carbonyl (C=O) groups excluding carboxylic acids is 1. The molecule has 1 fully saturated rings. The Hall–Kier alpha value is 0.140. The fourth-order valence-electron chi connectivity index (χ4n) is 1.60. The maximum Gasteiger partial charge on any atom is 0.149 e. The Morgan fingerprint density at radius 1 is 1.50 bits per heavy atom. The molecule has 0 spiro atoms. The summed E-state index contributed by atoms with van der Waals surface area (Å²) in [6.45, 7) is 0. The molecule has 1 atom stereocenters. The van der Waals surface area contributed by atoms with Crippen molar-refractivity contribution in [1.82, 2.24) is 0 Å². The van der Waals surface area contributed by atoms with Crippen LogP contribution in [0.4, 0.5) is 0 Å². The number of hydrogen-bond acceptors (Lipinski definition) is 1. The van der Waals surface area contributed by atoms with Crippen molar-refractivity contribution in [2.45, 2.75) is 24.1 Å². The Morgan fingerprint density at radius 3 is 2.75 bits per heavy atom. The first-order valence-corrected chi connectivity index (χ1v) is 7.28. The first-order valence-electron chi connectivity index (χ1n) is 5.19. The largest absolute Gasteiger partial charge is 0.298 e. The van der Waals surface area contributed by atoms with E-state index in [0.29, 0.717) is 23.1 Å². The highest BCUT2D eigenvalue weighted by Gasteiger charge is 2.33. The number of carbonyl (C=O) groups is 1. The lowest BCUT2D eigenvalue weighted by Gasteiger charge is -2.10. The number of rotatable bonds is 4. The molecule has 2 rings (SSSR count). The van der Waals surface area contributed by atoms with Crippen LogP contribution >= 0.6 is 43.5 Å². The van der Waals surface area contributed by atoms with Crippen molar-refractivity contribution in [2.75, 3.05) is 0 Å². The fourth-order valence-corrected chi connectivity index (χ4v) is 3.17. The molecule has 1 aromatic rings. The summed E-state index contributed by atoms with van der Waals surface area (Å²) in [6, 6.07) is 5.67. The van der Waals surface area contributed by atoms with Crippen molar-refractivity contribution in [1.29, 1.82) is 0 Å². The lowest BCUT2D eigenvalue weighted by Crippen LogP contribution is -2.18. The minimum atomic E-state index is -0.0718. The van der Waals surface area contributed by atoms with E-state index in [1.165, 1.54) is 0 Å². The highest BCUT2D eigenvalue weighted by molar-refractivity contribution is 9.10. The zero-order valence-corrected chi connectivity index (χ0v) is 12.5. The monoisotopic (exact) mass is 364 g/mol. The van der Waals surface area contributed by atoms with Crippen LogP contribution in [0.5, 0.6) is 0 Å². The van der Waals surface area contributed by atoms with Crippen LogP contribution in [-0.2, 0) is 11.2 Å². The van der Waals surface area contributed by atoms with Crippen LogP contribution < -0.4 is 0 Å². The summed E-state index contributed by atoms with van der Waals surface area (Å²) in [5.74, 6) is 0.636. The van der Waals surface area contributed by atoms with Gasteiger partial charge in [0.25, 0.3) is 0 Å². The van der Waals surface area contributed by atoms with E-state index in [0.717, 1.165) is 22.9 Å². The van der Waals surface area contributed by atoms with Crippen molar-refractivity contribution in [3.05, 3.63) is 33.3 Å². The van der Waals surface area contributed by atoms with E-state index in [9.17, 15) is 4.79 Å². The Morgan fingerprint density at radius 2 is 2.19 bits per heavy atom. The predicted molar refractivity (Wildman–Crippen MR) is 73.3 cm³/mol. The number of hydrogen-bond donors (Lipinski definition) is 0. The van der Waals surface area contributed by atoms with E-state index >= 15 is 0 Å². The van der Waals surface area contributed by atoms with E-state index in [1.54, 1.807) is 0 Å². The Bertz CT molecular complexity index is 415. The van der Waals surface area contributed by atoms with Gasteiger partial charge in [-0.15, -0.1) is 0 Å². The molecule has 0 radical (unpaired) electrons. The first-order chi connectivity index (χ1) is 7.58. The molecular formula is C12H11Br2ClO. The van der Waals surface area contributed by atoms with E-state index < -0.39 is 0 Å². The summed E-state index contributed by atoms with van der Waals surface area (Å²) in [6.07, 6.45) is 2.83. The second-order valence-corrected chi connectivity index (χ2v) is 6.48. The molecule has 1 aliphatic rings. The molecule has 0 saturated heterocycles. The molecule has 1 unspecified atom stereocenters. The van der Waals surface area contributed by atoms with Crippen molar-refractivity contribution in [3.63, 3.8) is 0 Å². The molecule has 86 valence electrons. The molecule has 0 aliphatic heterocycles. The summed E-state index contributed by atoms with van der Waals surface area (Å²) in [5, 5.41) is 0.704. The smallest absolute Gasteiger partial charge is 0.149 e. The number of halogens is 3. The molecule has 1 nitrogen and oxygen atoms in total. The number of alkyl halides is 1. The van der Waals surface area contributed by atoms with Gasteiger partial charge in [-0.1, -0.05) is 49.5 Å². The summed E-state index contributed by atoms with van der Waals surface area (Å²) in [5.41, 5.74) is 1.11. The van der Waals surface area contributed by atoms with Crippen LogP contribution in [0.3, 0.4) is 0 Å². The summed E-state index contributed by atoms with van der Waals surface area (Å²) in [4.78, 5) is 11.7. The van der Waals surface area contributed by atoms with E-state index in [2.05, 4.69) is 31.9 Å². The Balaban J connectivity index is 2.05. The fraction of sp³-hybridized carbons (Fsp3) is 0.417. The summed E-state index contributed by atoms with van der Waals surface area (Å²) in [7, 11) is 0. The van der Waals surface area contributed by atoms with E-state index in [-0.39, 0.29) is 4.83 Å². The first kappa shape index (κ1) is 12.6. The van der Waals surface area contributed by atoms with Gasteiger partial charge in [0.1, 0.15) is 5.78 Å². The van der Waals surface area contributed by atoms with Gasteiger partial charge in [-0.05, 0) is 37.0 Å². The van der Waals surface area contributed by atoms with Gasteiger partial charge in [0.15, 0.2) is 0 Å². The van der Waals surface area contributed by atoms with Crippen LogP contribution in [-0.4, -0.2) is 10.6 Å². The van der Waals surface area contributed by atoms with Gasteiger partial charge in [-0.2, -0.15) is 0 Å². The zero-order valence-electron chi connectivity index (χ0n) is 8.55. The van der Waals surface area contributed by atoms with Crippen LogP contribution in [0.1, 0.15) is 18.4 Å². The van der Waals surface area contributed by atoms with Gasteiger partial charge in [-0.3, -0.25) is 4.79 Å². The quantitative estimate of drug-likeness (QED) is 0.723. The normalized spacial score (nSPS) is 17.2. The lowest BCUT2D eigenvalue weighted by molar-refractivity contribution is -0.119. The van der Waals surface area contributed by atoms with Gasteiger partial charge < -0.3 is 0 Å². The summed E-state index contributed by atoms with van der Waals surface area (Å²) >= 11 is 12.8. The molecule has 0 bridgehead atoms. The van der Waals surface area contributed by atoms with Crippen LogP contribution in [0.25, 0.3) is 0 Å². The third-order valence-electron chi connectivity index (χ3n) is 2.70. The molecule has 16 heavy (non-hydrogen) atoms.